The first-order chi connectivity index (χ1) is 8.19. The topological polar surface area (TPSA) is 72.6 Å². The van der Waals surface area contributed by atoms with Crippen molar-refractivity contribution >= 4 is 5.91 Å². The van der Waals surface area contributed by atoms with Crippen molar-refractivity contribution in [1.82, 2.24) is 0 Å². The molecule has 0 aliphatic carbocycles. The van der Waals surface area contributed by atoms with E-state index in [0.29, 0.717) is 23.5 Å². The molecule has 0 unspecified atom stereocenters. The van der Waals surface area contributed by atoms with E-state index in [-0.39, 0.29) is 6.61 Å². The minimum atomic E-state index is -0.552. The van der Waals surface area contributed by atoms with E-state index in [2.05, 4.69) is 11.8 Å². The Morgan fingerprint density at radius 1 is 1.53 bits per heavy atom. The van der Waals surface area contributed by atoms with Crippen molar-refractivity contribution < 1.29 is 14.6 Å². The molecule has 0 fully saturated rings. The lowest BCUT2D eigenvalue weighted by Crippen LogP contribution is -2.13. The summed E-state index contributed by atoms with van der Waals surface area (Å²) >= 11 is 0. The fourth-order valence-corrected chi connectivity index (χ4v) is 1.28. The van der Waals surface area contributed by atoms with Crippen LogP contribution in [0.5, 0.6) is 5.75 Å². The van der Waals surface area contributed by atoms with Crippen molar-refractivity contribution in [3.63, 3.8) is 0 Å². The predicted octanol–water partition coefficient (Wildman–Crippen LogP) is 0.918. The molecule has 0 saturated heterocycles. The molecule has 0 atom stereocenters. The second-order valence-electron chi connectivity index (χ2n) is 3.38. The van der Waals surface area contributed by atoms with Crippen LogP contribution in [0.3, 0.4) is 0 Å². The van der Waals surface area contributed by atoms with Crippen LogP contribution in [0.4, 0.5) is 0 Å². The Bertz CT molecular complexity index is 457. The van der Waals surface area contributed by atoms with Gasteiger partial charge >= 0.3 is 0 Å². The van der Waals surface area contributed by atoms with Crippen LogP contribution in [-0.4, -0.2) is 24.2 Å². The van der Waals surface area contributed by atoms with Gasteiger partial charge in [0, 0.05) is 5.56 Å². The number of ether oxygens (including phenoxy) is 1. The number of rotatable bonds is 4. The van der Waals surface area contributed by atoms with Crippen LogP contribution in [0.25, 0.3) is 0 Å². The highest BCUT2D eigenvalue weighted by Gasteiger charge is 2.09. The first-order valence-corrected chi connectivity index (χ1v) is 5.35. The lowest BCUT2D eigenvalue weighted by atomic mass is 10.1. The van der Waals surface area contributed by atoms with E-state index < -0.39 is 5.91 Å². The van der Waals surface area contributed by atoms with Gasteiger partial charge in [0.05, 0.1) is 12.2 Å². The summed E-state index contributed by atoms with van der Waals surface area (Å²) in [6.07, 6.45) is 0.851. The van der Waals surface area contributed by atoms with Gasteiger partial charge in [-0.15, -0.1) is 0 Å². The van der Waals surface area contributed by atoms with E-state index in [0.717, 1.165) is 6.42 Å². The van der Waals surface area contributed by atoms with Gasteiger partial charge in [-0.05, 0) is 24.6 Å². The average molecular weight is 233 g/mol. The molecular formula is C13H15NO3. The third-order valence-electron chi connectivity index (χ3n) is 2.02. The Morgan fingerprint density at radius 3 is 2.88 bits per heavy atom. The number of aliphatic hydroxyl groups excluding tert-OH is 1. The van der Waals surface area contributed by atoms with Crippen LogP contribution >= 0.6 is 0 Å². The molecule has 4 heteroatoms. The van der Waals surface area contributed by atoms with Gasteiger partial charge in [0.1, 0.15) is 12.4 Å². The van der Waals surface area contributed by atoms with Crippen molar-refractivity contribution in [3.8, 4) is 17.6 Å². The smallest absolute Gasteiger partial charge is 0.252 e. The molecule has 4 nitrogen and oxygen atoms in total. The van der Waals surface area contributed by atoms with Gasteiger partial charge in [0.25, 0.3) is 5.91 Å². The molecule has 0 spiro atoms. The standard InChI is InChI=1S/C13H15NO3/c1-2-8-17-12-6-5-10(4-3-7-15)9-11(12)13(14)16/h5-6,9,15H,2,7-8H2,1H3,(H2,14,16). The Balaban J connectivity index is 3.03. The fourth-order valence-electron chi connectivity index (χ4n) is 1.28. The Morgan fingerprint density at radius 2 is 2.29 bits per heavy atom. The van der Waals surface area contributed by atoms with Gasteiger partial charge in [0.2, 0.25) is 0 Å². The van der Waals surface area contributed by atoms with E-state index in [1.54, 1.807) is 18.2 Å². The van der Waals surface area contributed by atoms with Crippen LogP contribution in [-0.2, 0) is 0 Å². The van der Waals surface area contributed by atoms with Crippen molar-refractivity contribution in [2.75, 3.05) is 13.2 Å². The molecule has 1 amide bonds. The quantitative estimate of drug-likeness (QED) is 0.759. The Labute approximate surface area is 100 Å². The number of aliphatic hydroxyl groups is 1. The third-order valence-corrected chi connectivity index (χ3v) is 2.02. The predicted molar refractivity (Wildman–Crippen MR) is 64.7 cm³/mol. The van der Waals surface area contributed by atoms with Crippen LogP contribution in [0, 0.1) is 11.8 Å². The first-order valence-electron chi connectivity index (χ1n) is 5.35. The number of nitrogens with two attached hydrogens (primary N) is 1. The van der Waals surface area contributed by atoms with Gasteiger partial charge in [-0.2, -0.15) is 0 Å². The minimum Gasteiger partial charge on any atom is -0.493 e. The van der Waals surface area contributed by atoms with E-state index in [9.17, 15) is 4.79 Å². The highest BCUT2D eigenvalue weighted by atomic mass is 16.5. The normalized spacial score (nSPS) is 9.29. The number of benzene rings is 1. The number of carbonyl (C=O) groups is 1. The second-order valence-corrected chi connectivity index (χ2v) is 3.38. The van der Waals surface area contributed by atoms with E-state index in [1.165, 1.54) is 0 Å². The summed E-state index contributed by atoms with van der Waals surface area (Å²) < 4.78 is 5.41. The van der Waals surface area contributed by atoms with Crippen LogP contribution in [0.15, 0.2) is 18.2 Å². The van der Waals surface area contributed by atoms with Crippen molar-refractivity contribution in [2.45, 2.75) is 13.3 Å². The summed E-state index contributed by atoms with van der Waals surface area (Å²) in [7, 11) is 0. The zero-order valence-corrected chi connectivity index (χ0v) is 9.69. The maximum absolute atomic E-state index is 11.3. The molecule has 1 aromatic carbocycles. The molecular weight excluding hydrogens is 218 g/mol. The second kappa shape index (κ2) is 6.56. The molecule has 1 rings (SSSR count). The highest BCUT2D eigenvalue weighted by Crippen LogP contribution is 2.19. The van der Waals surface area contributed by atoms with Gasteiger partial charge < -0.3 is 15.6 Å². The number of amides is 1. The van der Waals surface area contributed by atoms with E-state index in [1.807, 2.05) is 6.92 Å². The number of carbonyl (C=O) groups excluding carboxylic acids is 1. The van der Waals surface area contributed by atoms with Crippen LogP contribution in [0.2, 0.25) is 0 Å². The Kier molecular flexibility index (Phi) is 5.05. The van der Waals surface area contributed by atoms with Crippen molar-refractivity contribution in [1.29, 1.82) is 0 Å². The lowest BCUT2D eigenvalue weighted by molar-refractivity contribution is 0.0996. The van der Waals surface area contributed by atoms with Gasteiger partial charge in [-0.25, -0.2) is 0 Å². The SMILES string of the molecule is CCCOc1ccc(C#CCO)cc1C(N)=O. The maximum Gasteiger partial charge on any atom is 0.252 e. The summed E-state index contributed by atoms with van der Waals surface area (Å²) in [5.74, 6) is 5.13. The largest absolute Gasteiger partial charge is 0.493 e. The van der Waals surface area contributed by atoms with Gasteiger partial charge in [0.15, 0.2) is 0 Å². The van der Waals surface area contributed by atoms with Crippen LogP contribution < -0.4 is 10.5 Å². The summed E-state index contributed by atoms with van der Waals surface area (Å²) in [5, 5.41) is 8.59. The van der Waals surface area contributed by atoms with Crippen LogP contribution in [0.1, 0.15) is 29.3 Å². The Hall–Kier alpha value is -1.99. The monoisotopic (exact) mass is 233 g/mol. The molecule has 17 heavy (non-hydrogen) atoms. The summed E-state index contributed by atoms with van der Waals surface area (Å²) in [5.41, 5.74) is 6.20. The molecule has 3 N–H and O–H groups in total. The maximum atomic E-state index is 11.3. The fraction of sp³-hybridized carbons (Fsp3) is 0.308. The number of hydrogen-bond donors (Lipinski definition) is 2. The molecule has 0 aliphatic heterocycles. The molecule has 90 valence electrons. The molecule has 0 radical (unpaired) electrons. The molecule has 0 heterocycles. The number of primary amides is 1. The number of hydrogen-bond acceptors (Lipinski definition) is 3. The molecule has 0 saturated carbocycles. The molecule has 0 aliphatic rings. The minimum absolute atomic E-state index is 0.222. The lowest BCUT2D eigenvalue weighted by Gasteiger charge is -2.08. The van der Waals surface area contributed by atoms with Crippen molar-refractivity contribution in [2.24, 2.45) is 5.73 Å². The van der Waals surface area contributed by atoms with Gasteiger partial charge in [-0.1, -0.05) is 18.8 Å². The van der Waals surface area contributed by atoms with Crippen molar-refractivity contribution in [3.05, 3.63) is 29.3 Å². The first kappa shape index (κ1) is 13.1. The van der Waals surface area contributed by atoms with Gasteiger partial charge in [-0.3, -0.25) is 4.79 Å². The highest BCUT2D eigenvalue weighted by molar-refractivity contribution is 5.96. The summed E-state index contributed by atoms with van der Waals surface area (Å²) in [6.45, 7) is 2.28. The molecule has 1 aromatic rings. The van der Waals surface area contributed by atoms with E-state index in [4.69, 9.17) is 15.6 Å². The molecule has 0 bridgehead atoms. The molecule has 0 aromatic heterocycles. The summed E-state index contributed by atoms with van der Waals surface area (Å²) in [4.78, 5) is 11.3. The average Bonchev–Trinajstić information content (AvgIpc) is 2.34. The zero-order chi connectivity index (χ0) is 12.7. The van der Waals surface area contributed by atoms with E-state index >= 15 is 0 Å². The summed E-state index contributed by atoms with van der Waals surface area (Å²) in [6, 6.07) is 4.95. The third kappa shape index (κ3) is 3.82. The zero-order valence-electron chi connectivity index (χ0n) is 9.69.